The van der Waals surface area contributed by atoms with Gasteiger partial charge in [-0.05, 0) is 86.3 Å². The number of nitrogens with zero attached hydrogens (tertiary/aromatic N) is 1. The van der Waals surface area contributed by atoms with E-state index in [1.165, 1.54) is 31.4 Å². The van der Waals surface area contributed by atoms with E-state index in [0.29, 0.717) is 48.2 Å². The van der Waals surface area contributed by atoms with Crippen molar-refractivity contribution in [3.8, 4) is 17.6 Å². The quantitative estimate of drug-likeness (QED) is 0.200. The molecule has 0 aliphatic carbocycles. The summed E-state index contributed by atoms with van der Waals surface area (Å²) >= 11 is 0.581. The highest BCUT2D eigenvalue weighted by molar-refractivity contribution is 8.25. The molecule has 1 aliphatic rings. The van der Waals surface area contributed by atoms with Crippen molar-refractivity contribution in [2.75, 3.05) is 25.6 Å². The Morgan fingerprint density at radius 2 is 1.76 bits per heavy atom. The molecule has 1 saturated heterocycles. The highest BCUT2D eigenvalue weighted by atomic mass is 32.3. The van der Waals surface area contributed by atoms with Gasteiger partial charge < -0.3 is 9.47 Å². The molecule has 9 nitrogen and oxygen atoms in total. The third kappa shape index (κ3) is 7.66. The number of aryl methyl sites for hydroxylation is 1. The summed E-state index contributed by atoms with van der Waals surface area (Å²) in [5.41, 5.74) is 2.16. The fraction of sp³-hybridized carbons (Fsp3) is 0.452. The van der Waals surface area contributed by atoms with E-state index in [9.17, 15) is 22.8 Å². The van der Waals surface area contributed by atoms with Gasteiger partial charge in [0.05, 0.1) is 18.6 Å². The molecule has 3 amide bonds. The summed E-state index contributed by atoms with van der Waals surface area (Å²) in [6.07, 6.45) is 3.03. The van der Waals surface area contributed by atoms with Crippen LogP contribution in [0.4, 0.5) is 15.3 Å². The molecule has 2 aromatic carbocycles. The van der Waals surface area contributed by atoms with Crippen LogP contribution in [0, 0.1) is 18.8 Å². The molecule has 2 aromatic rings. The number of nitrogens with one attached hydrogen (secondary N) is 1. The number of unbranched alkanes of at least 4 members (excludes halogenated alkanes) is 3. The van der Waals surface area contributed by atoms with Crippen molar-refractivity contribution in [1.82, 2.24) is 4.90 Å². The molecule has 1 aliphatic heterocycles. The number of thioether (sulfide) groups is 1. The minimum atomic E-state index is -4.24. The number of anilines is 1. The van der Waals surface area contributed by atoms with E-state index in [-0.39, 0.29) is 24.3 Å². The van der Waals surface area contributed by atoms with Crippen LogP contribution in [0.2, 0.25) is 0 Å². The Morgan fingerprint density at radius 1 is 1.05 bits per heavy atom. The number of methoxy groups -OCH3 is 1. The van der Waals surface area contributed by atoms with E-state index in [4.69, 9.17) is 9.47 Å². The van der Waals surface area contributed by atoms with Crippen LogP contribution in [0.1, 0.15) is 69.9 Å². The van der Waals surface area contributed by atoms with Gasteiger partial charge in [-0.1, -0.05) is 44.6 Å². The molecule has 0 aromatic heterocycles. The van der Waals surface area contributed by atoms with Crippen LogP contribution < -0.4 is 10.1 Å². The Balaban J connectivity index is 1.79. The number of carbonyl (C=O) groups excluding carboxylic acids is 3. The maximum atomic E-state index is 13.9. The predicted molar refractivity (Wildman–Crippen MR) is 164 cm³/mol. The van der Waals surface area contributed by atoms with Gasteiger partial charge in [0.25, 0.3) is 11.1 Å². The van der Waals surface area contributed by atoms with E-state index in [2.05, 4.69) is 17.2 Å². The molecule has 1 fully saturated rings. The SMILES string of the molecule is CCCCOC(=O)Nc1ccc(C)c(C#CCCCC2(S(=O)(=O)c3ccc(OC)cc3)SC(=O)N(CCCC)C2=O)c1. The highest BCUT2D eigenvalue weighted by Crippen LogP contribution is 2.48. The standard InChI is InChI=1S/C31H38N2O7S2/c1-5-7-20-33-28(34)31(41-30(33)36,42(37,38)27-17-15-26(39-4)16-18-27)19-11-9-10-12-24-22-25(14-13-23(24)3)32-29(35)40-21-8-6-2/h13-18,22H,5-9,11,19-21H2,1-4H3,(H,32,35). The van der Waals surface area contributed by atoms with Crippen molar-refractivity contribution in [3.63, 3.8) is 0 Å². The first kappa shape index (κ1) is 33.0. The van der Waals surface area contributed by atoms with E-state index in [1.54, 1.807) is 12.1 Å². The first-order chi connectivity index (χ1) is 20.1. The maximum Gasteiger partial charge on any atom is 0.411 e. The zero-order chi connectivity index (χ0) is 30.8. The van der Waals surface area contributed by atoms with Crippen LogP contribution in [-0.4, -0.2) is 54.9 Å². The summed E-state index contributed by atoms with van der Waals surface area (Å²) in [6, 6.07) is 11.2. The minimum absolute atomic E-state index is 0.0477. The molecule has 226 valence electrons. The number of ether oxygens (including phenoxy) is 2. The summed E-state index contributed by atoms with van der Waals surface area (Å²) in [5.74, 6) is 5.92. The molecule has 1 atom stereocenters. The molecule has 1 N–H and O–H groups in total. The first-order valence-electron chi connectivity index (χ1n) is 14.1. The molecule has 1 heterocycles. The second kappa shape index (κ2) is 15.1. The number of carbonyl (C=O) groups is 3. The molecule has 42 heavy (non-hydrogen) atoms. The fourth-order valence-electron chi connectivity index (χ4n) is 4.31. The van der Waals surface area contributed by atoms with Gasteiger partial charge in [0.1, 0.15) is 5.75 Å². The second-order valence-corrected chi connectivity index (χ2v) is 13.6. The van der Waals surface area contributed by atoms with Crippen molar-refractivity contribution >= 4 is 44.5 Å². The molecule has 0 radical (unpaired) electrons. The van der Waals surface area contributed by atoms with Crippen molar-refractivity contribution in [2.24, 2.45) is 0 Å². The first-order valence-corrected chi connectivity index (χ1v) is 16.4. The Labute approximate surface area is 252 Å². The second-order valence-electron chi connectivity index (χ2n) is 9.91. The Morgan fingerprint density at radius 3 is 2.43 bits per heavy atom. The van der Waals surface area contributed by atoms with Crippen LogP contribution in [0.15, 0.2) is 47.4 Å². The number of benzene rings is 2. The van der Waals surface area contributed by atoms with Gasteiger partial charge >= 0.3 is 6.09 Å². The lowest BCUT2D eigenvalue weighted by atomic mass is 10.1. The predicted octanol–water partition coefficient (Wildman–Crippen LogP) is 6.54. The zero-order valence-electron chi connectivity index (χ0n) is 24.5. The molecule has 3 rings (SSSR count). The highest BCUT2D eigenvalue weighted by Gasteiger charge is 2.61. The fourth-order valence-corrected chi connectivity index (χ4v) is 7.89. The van der Waals surface area contributed by atoms with Crippen LogP contribution in [-0.2, 0) is 19.4 Å². The van der Waals surface area contributed by atoms with Gasteiger partial charge in [-0.2, -0.15) is 0 Å². The topological polar surface area (TPSA) is 119 Å². The van der Waals surface area contributed by atoms with Crippen LogP contribution in [0.5, 0.6) is 5.75 Å². The van der Waals surface area contributed by atoms with Gasteiger partial charge in [-0.25, -0.2) is 13.2 Å². The number of hydrogen-bond acceptors (Lipinski definition) is 8. The molecule has 0 bridgehead atoms. The average molecular weight is 615 g/mol. The van der Waals surface area contributed by atoms with Gasteiger partial charge in [0.15, 0.2) is 0 Å². The van der Waals surface area contributed by atoms with Crippen LogP contribution in [0.3, 0.4) is 0 Å². The van der Waals surface area contributed by atoms with Gasteiger partial charge in [-0.3, -0.25) is 19.8 Å². The lowest BCUT2D eigenvalue weighted by molar-refractivity contribution is -0.127. The van der Waals surface area contributed by atoms with Crippen LogP contribution >= 0.6 is 11.8 Å². The maximum absolute atomic E-state index is 13.9. The van der Waals surface area contributed by atoms with Crippen LogP contribution in [0.25, 0.3) is 0 Å². The average Bonchev–Trinajstić information content (AvgIpc) is 3.22. The van der Waals surface area contributed by atoms with Crippen molar-refractivity contribution in [1.29, 1.82) is 0 Å². The smallest absolute Gasteiger partial charge is 0.411 e. The minimum Gasteiger partial charge on any atom is -0.497 e. The lowest BCUT2D eigenvalue weighted by Crippen LogP contribution is -2.45. The van der Waals surface area contributed by atoms with Gasteiger partial charge in [0.2, 0.25) is 13.9 Å². The van der Waals surface area contributed by atoms with Crippen molar-refractivity contribution in [2.45, 2.75) is 74.7 Å². The molecular formula is C31H38N2O7S2. The molecule has 11 heteroatoms. The Bertz CT molecular complexity index is 1450. The number of hydrogen-bond donors (Lipinski definition) is 1. The molecule has 0 spiro atoms. The monoisotopic (exact) mass is 614 g/mol. The summed E-state index contributed by atoms with van der Waals surface area (Å²) in [6.45, 7) is 6.37. The number of imide groups is 1. The van der Waals surface area contributed by atoms with Gasteiger partial charge in [-0.15, -0.1) is 0 Å². The van der Waals surface area contributed by atoms with E-state index in [1.807, 2.05) is 26.8 Å². The van der Waals surface area contributed by atoms with E-state index < -0.39 is 31.2 Å². The van der Waals surface area contributed by atoms with Crippen molar-refractivity contribution < 1.29 is 32.3 Å². The largest absolute Gasteiger partial charge is 0.497 e. The number of amides is 3. The number of sulfone groups is 1. The Kier molecular flexibility index (Phi) is 11.9. The van der Waals surface area contributed by atoms with E-state index in [0.717, 1.165) is 29.7 Å². The summed E-state index contributed by atoms with van der Waals surface area (Å²) in [4.78, 5) is 39.5. The van der Waals surface area contributed by atoms with Crippen molar-refractivity contribution in [3.05, 3.63) is 53.6 Å². The summed E-state index contributed by atoms with van der Waals surface area (Å²) in [5, 5.41) is 2.15. The third-order valence-corrected chi connectivity index (χ3v) is 11.0. The third-order valence-electron chi connectivity index (χ3n) is 6.83. The molecule has 0 saturated carbocycles. The Hall–Kier alpha value is -3.49. The lowest BCUT2D eigenvalue weighted by Gasteiger charge is -2.25. The number of rotatable bonds is 13. The summed E-state index contributed by atoms with van der Waals surface area (Å²) < 4.78 is 36.2. The summed E-state index contributed by atoms with van der Waals surface area (Å²) in [7, 11) is -2.77. The van der Waals surface area contributed by atoms with E-state index >= 15 is 0 Å². The van der Waals surface area contributed by atoms with Gasteiger partial charge in [0, 0.05) is 24.2 Å². The normalized spacial score (nSPS) is 16.6. The molecule has 1 unspecified atom stereocenters. The molecular weight excluding hydrogens is 576 g/mol. The zero-order valence-corrected chi connectivity index (χ0v) is 26.2.